The predicted molar refractivity (Wildman–Crippen MR) is 100.0 cm³/mol. The van der Waals surface area contributed by atoms with Crippen molar-refractivity contribution in [2.45, 2.75) is 10.9 Å². The van der Waals surface area contributed by atoms with E-state index in [1.807, 2.05) is 0 Å². The number of hydrogen-bond acceptors (Lipinski definition) is 7. The Morgan fingerprint density at radius 3 is 2.43 bits per heavy atom. The highest BCUT2D eigenvalue weighted by Gasteiger charge is 2.18. The van der Waals surface area contributed by atoms with Crippen LogP contribution in [-0.4, -0.2) is 38.9 Å². The Morgan fingerprint density at radius 2 is 1.86 bits per heavy atom. The number of thioether (sulfide) groups is 1. The van der Waals surface area contributed by atoms with Crippen molar-refractivity contribution >= 4 is 23.7 Å². The SMILES string of the molecule is COc1ccc(-c2nnc(SC(F)F)n2/N=C\c2ccc([N+](=O)[O-])cc2)cc1. The van der Waals surface area contributed by atoms with E-state index in [2.05, 4.69) is 15.3 Å². The molecule has 0 saturated carbocycles. The maximum Gasteiger partial charge on any atom is 0.291 e. The van der Waals surface area contributed by atoms with E-state index < -0.39 is 10.7 Å². The molecule has 0 bridgehead atoms. The summed E-state index contributed by atoms with van der Waals surface area (Å²) in [6.45, 7) is 0. The first-order valence-corrected chi connectivity index (χ1v) is 8.69. The quantitative estimate of drug-likeness (QED) is 0.255. The summed E-state index contributed by atoms with van der Waals surface area (Å²) in [6.07, 6.45) is 1.38. The Labute approximate surface area is 162 Å². The van der Waals surface area contributed by atoms with Crippen molar-refractivity contribution in [3.63, 3.8) is 0 Å². The fourth-order valence-corrected chi connectivity index (χ4v) is 2.73. The lowest BCUT2D eigenvalue weighted by Gasteiger charge is -2.05. The van der Waals surface area contributed by atoms with Gasteiger partial charge in [-0.3, -0.25) is 10.1 Å². The van der Waals surface area contributed by atoms with Gasteiger partial charge in [-0.05, 0) is 53.7 Å². The van der Waals surface area contributed by atoms with Gasteiger partial charge in [0.1, 0.15) is 5.75 Å². The molecule has 3 rings (SSSR count). The Balaban J connectivity index is 1.96. The van der Waals surface area contributed by atoms with Crippen molar-refractivity contribution in [3.8, 4) is 17.1 Å². The molecule has 0 saturated heterocycles. The van der Waals surface area contributed by atoms with Crippen LogP contribution in [0, 0.1) is 10.1 Å². The fourth-order valence-electron chi connectivity index (χ4n) is 2.25. The monoisotopic (exact) mass is 405 g/mol. The van der Waals surface area contributed by atoms with E-state index in [0.29, 0.717) is 16.9 Å². The third-order valence-electron chi connectivity index (χ3n) is 3.58. The average Bonchev–Trinajstić information content (AvgIpc) is 3.08. The number of ether oxygens (including phenoxy) is 1. The predicted octanol–water partition coefficient (Wildman–Crippen LogP) is 4.06. The molecule has 28 heavy (non-hydrogen) atoms. The smallest absolute Gasteiger partial charge is 0.291 e. The number of alkyl halides is 2. The highest BCUT2D eigenvalue weighted by Crippen LogP contribution is 2.28. The maximum absolute atomic E-state index is 12.8. The molecule has 2 aromatic carbocycles. The van der Waals surface area contributed by atoms with E-state index >= 15 is 0 Å². The van der Waals surface area contributed by atoms with Crippen LogP contribution >= 0.6 is 11.8 Å². The summed E-state index contributed by atoms with van der Waals surface area (Å²) in [5, 5.41) is 22.6. The molecule has 0 atom stereocenters. The largest absolute Gasteiger partial charge is 0.497 e. The second-order valence-electron chi connectivity index (χ2n) is 5.32. The topological polar surface area (TPSA) is 95.4 Å². The molecule has 8 nitrogen and oxygen atoms in total. The first kappa shape index (κ1) is 19.4. The molecule has 0 N–H and O–H groups in total. The maximum atomic E-state index is 12.8. The molecule has 144 valence electrons. The molecule has 0 aliphatic rings. The van der Waals surface area contributed by atoms with Gasteiger partial charge in [0.2, 0.25) is 5.16 Å². The molecule has 0 aliphatic heterocycles. The number of nitrogens with zero attached hydrogens (tertiary/aromatic N) is 5. The molecule has 11 heteroatoms. The normalized spacial score (nSPS) is 11.3. The van der Waals surface area contributed by atoms with E-state index in [4.69, 9.17) is 4.74 Å². The van der Waals surface area contributed by atoms with Crippen molar-refractivity contribution in [2.24, 2.45) is 5.10 Å². The number of benzene rings is 2. The number of nitro benzene ring substituents is 1. The van der Waals surface area contributed by atoms with Gasteiger partial charge in [0.15, 0.2) is 5.82 Å². The summed E-state index contributed by atoms with van der Waals surface area (Å²) in [4.78, 5) is 10.2. The number of hydrogen-bond donors (Lipinski definition) is 0. The average molecular weight is 405 g/mol. The molecule has 0 amide bonds. The lowest BCUT2D eigenvalue weighted by molar-refractivity contribution is -0.384. The summed E-state index contributed by atoms with van der Waals surface area (Å²) >= 11 is 0.218. The number of methoxy groups -OCH3 is 1. The second kappa shape index (κ2) is 8.57. The van der Waals surface area contributed by atoms with Crippen LogP contribution in [0.2, 0.25) is 0 Å². The zero-order valence-corrected chi connectivity index (χ0v) is 15.2. The summed E-state index contributed by atoms with van der Waals surface area (Å²) in [5.74, 6) is -1.79. The van der Waals surface area contributed by atoms with Crippen LogP contribution in [-0.2, 0) is 0 Å². The molecule has 0 fully saturated rings. The number of nitro groups is 1. The zero-order valence-electron chi connectivity index (χ0n) is 14.4. The second-order valence-corrected chi connectivity index (χ2v) is 6.28. The molecule has 0 aliphatic carbocycles. The molecule has 1 heterocycles. The van der Waals surface area contributed by atoms with Crippen molar-refractivity contribution < 1.29 is 18.4 Å². The summed E-state index contributed by atoms with van der Waals surface area (Å²) < 4.78 is 32.0. The van der Waals surface area contributed by atoms with Crippen molar-refractivity contribution in [2.75, 3.05) is 7.11 Å². The fraction of sp³-hybridized carbons (Fsp3) is 0.118. The van der Waals surface area contributed by atoms with Gasteiger partial charge in [0, 0.05) is 17.7 Å². The lowest BCUT2D eigenvalue weighted by Crippen LogP contribution is -1.98. The third-order valence-corrected chi connectivity index (χ3v) is 4.22. The lowest BCUT2D eigenvalue weighted by atomic mass is 10.2. The van der Waals surface area contributed by atoms with Crippen LogP contribution < -0.4 is 4.74 Å². The first-order valence-electron chi connectivity index (χ1n) is 7.81. The Morgan fingerprint density at radius 1 is 1.18 bits per heavy atom. The van der Waals surface area contributed by atoms with Gasteiger partial charge < -0.3 is 4.74 Å². The van der Waals surface area contributed by atoms with Gasteiger partial charge in [-0.15, -0.1) is 10.2 Å². The first-order chi connectivity index (χ1) is 13.5. The van der Waals surface area contributed by atoms with E-state index in [1.54, 1.807) is 24.3 Å². The van der Waals surface area contributed by atoms with Crippen LogP contribution in [0.4, 0.5) is 14.5 Å². The van der Waals surface area contributed by atoms with Crippen molar-refractivity contribution in [1.29, 1.82) is 0 Å². The van der Waals surface area contributed by atoms with Gasteiger partial charge in [0.25, 0.3) is 11.4 Å². The van der Waals surface area contributed by atoms with Gasteiger partial charge in [-0.1, -0.05) is 0 Å². The standard InChI is InChI=1S/C17H13F2N5O3S/c1-27-14-8-4-12(5-9-14)15-21-22-17(28-16(18)19)23(15)20-10-11-2-6-13(7-3-11)24(25)26/h2-10,16H,1H3/b20-10-. The van der Waals surface area contributed by atoms with Gasteiger partial charge in [-0.25, -0.2) is 0 Å². The van der Waals surface area contributed by atoms with E-state index in [1.165, 1.54) is 42.3 Å². The van der Waals surface area contributed by atoms with Gasteiger partial charge in [-0.2, -0.15) is 18.6 Å². The molecule has 0 radical (unpaired) electrons. The summed E-state index contributed by atoms with van der Waals surface area (Å²) in [5.41, 5.74) is 1.09. The van der Waals surface area contributed by atoms with Crippen LogP contribution in [0.15, 0.2) is 58.8 Å². The zero-order chi connectivity index (χ0) is 20.1. The van der Waals surface area contributed by atoms with E-state index in [0.717, 1.165) is 0 Å². The summed E-state index contributed by atoms with van der Waals surface area (Å²) in [6, 6.07) is 12.5. The van der Waals surface area contributed by atoms with E-state index in [9.17, 15) is 18.9 Å². The Bertz CT molecular complexity index is 991. The van der Waals surface area contributed by atoms with E-state index in [-0.39, 0.29) is 28.4 Å². The summed E-state index contributed by atoms with van der Waals surface area (Å²) in [7, 11) is 1.53. The van der Waals surface area contributed by atoms with Crippen LogP contribution in [0.5, 0.6) is 5.75 Å². The molecule has 0 spiro atoms. The molecule has 1 aromatic heterocycles. The molecular formula is C17H13F2N5O3S. The minimum atomic E-state index is -2.69. The van der Waals surface area contributed by atoms with Crippen LogP contribution in [0.3, 0.4) is 0 Å². The number of aromatic nitrogens is 3. The third kappa shape index (κ3) is 4.49. The molecule has 3 aromatic rings. The van der Waals surface area contributed by atoms with Gasteiger partial charge >= 0.3 is 0 Å². The minimum Gasteiger partial charge on any atom is -0.497 e. The number of non-ortho nitro benzene ring substituents is 1. The number of rotatable bonds is 7. The number of halogens is 2. The highest BCUT2D eigenvalue weighted by molar-refractivity contribution is 7.99. The van der Waals surface area contributed by atoms with Crippen molar-refractivity contribution in [1.82, 2.24) is 14.9 Å². The molecule has 0 unspecified atom stereocenters. The Hall–Kier alpha value is -3.34. The van der Waals surface area contributed by atoms with Crippen LogP contribution in [0.1, 0.15) is 5.56 Å². The minimum absolute atomic E-state index is 0.0608. The van der Waals surface area contributed by atoms with Crippen LogP contribution in [0.25, 0.3) is 11.4 Å². The van der Waals surface area contributed by atoms with Crippen molar-refractivity contribution in [3.05, 3.63) is 64.2 Å². The van der Waals surface area contributed by atoms with Gasteiger partial charge in [0.05, 0.1) is 18.2 Å². The Kier molecular flexibility index (Phi) is 5.94. The molecular weight excluding hydrogens is 392 g/mol. The highest BCUT2D eigenvalue weighted by atomic mass is 32.2.